The number of para-hydroxylation sites is 2. The summed E-state index contributed by atoms with van der Waals surface area (Å²) in [6, 6.07) is 67.0. The maximum atomic E-state index is 3.74. The highest BCUT2D eigenvalue weighted by Gasteiger charge is 2.37. The van der Waals surface area contributed by atoms with Gasteiger partial charge < -0.3 is 14.8 Å². The molecule has 0 bridgehead atoms. The second-order valence-electron chi connectivity index (χ2n) is 16.7. The van der Waals surface area contributed by atoms with Crippen LogP contribution in [0.15, 0.2) is 182 Å². The molecule has 1 N–H and O–H groups in total. The molecule has 0 atom stereocenters. The van der Waals surface area contributed by atoms with E-state index in [-0.39, 0.29) is 10.8 Å². The average molecular weight is 734 g/mol. The summed E-state index contributed by atoms with van der Waals surface area (Å²) in [5.74, 6) is 0. The molecule has 0 aliphatic heterocycles. The Labute approximate surface area is 334 Å². The maximum absolute atomic E-state index is 3.74. The van der Waals surface area contributed by atoms with Gasteiger partial charge in [-0.2, -0.15) is 0 Å². The Kier molecular flexibility index (Phi) is 7.25. The smallest absolute Gasteiger partial charge is 0.0469 e. The number of H-pyrrole nitrogens is 1. The lowest BCUT2D eigenvalue weighted by Crippen LogP contribution is -2.16. The first-order valence-electron chi connectivity index (χ1n) is 20.0. The maximum Gasteiger partial charge on any atom is 0.0469 e. The second-order valence-corrected chi connectivity index (χ2v) is 16.7. The molecule has 9 aromatic rings. The zero-order chi connectivity index (χ0) is 38.5. The molecule has 3 heteroatoms. The van der Waals surface area contributed by atoms with E-state index in [0.717, 1.165) is 45.2 Å². The van der Waals surface area contributed by atoms with Crippen molar-refractivity contribution in [2.24, 2.45) is 0 Å². The van der Waals surface area contributed by atoms with Crippen molar-refractivity contribution >= 4 is 55.9 Å². The lowest BCUT2D eigenvalue weighted by Gasteiger charge is -2.28. The van der Waals surface area contributed by atoms with Crippen molar-refractivity contribution in [3.05, 3.63) is 204 Å². The third-order valence-electron chi connectivity index (χ3n) is 12.8. The van der Waals surface area contributed by atoms with E-state index in [1.807, 2.05) is 0 Å². The van der Waals surface area contributed by atoms with Crippen LogP contribution in [0.5, 0.6) is 0 Å². The first kappa shape index (κ1) is 33.5. The van der Waals surface area contributed by atoms with E-state index < -0.39 is 0 Å². The summed E-state index contributed by atoms with van der Waals surface area (Å²) < 4.78 is 0. The van der Waals surface area contributed by atoms with Crippen molar-refractivity contribution in [1.82, 2.24) is 4.98 Å². The summed E-state index contributed by atoms with van der Waals surface area (Å²) in [5.41, 5.74) is 19.7. The molecular weight excluding hydrogens is 691 g/mol. The normalized spacial score (nSPS) is 14.2. The van der Waals surface area contributed by atoms with Crippen LogP contribution < -0.4 is 9.80 Å². The first-order valence-corrected chi connectivity index (χ1v) is 20.0. The highest BCUT2D eigenvalue weighted by molar-refractivity contribution is 6.10. The summed E-state index contributed by atoms with van der Waals surface area (Å²) in [7, 11) is 0. The standard InChI is InChI=1S/C54H43N3/c1-53(2)47-21-13-11-19-41(47)43-27-23-39(33-49(43)53)56(35-15-7-5-8-16-35)37-25-29-51-45(31-37)46-32-38(26-30-52(46)55-51)57(36-17-9-6-10-18-36)40-24-28-44-42-20-12-14-22-48(42)54(3,4)50(44)34-40/h5-34,55H,1-4H3. The molecule has 2 aliphatic rings. The molecule has 1 aromatic heterocycles. The van der Waals surface area contributed by atoms with Crippen LogP contribution in [-0.4, -0.2) is 4.98 Å². The number of fused-ring (bicyclic) bond motifs is 9. The van der Waals surface area contributed by atoms with E-state index in [4.69, 9.17) is 0 Å². The van der Waals surface area contributed by atoms with Gasteiger partial charge in [0, 0.05) is 66.8 Å². The molecular formula is C54H43N3. The van der Waals surface area contributed by atoms with E-state index in [0.29, 0.717) is 0 Å². The minimum absolute atomic E-state index is 0.0926. The number of aromatic nitrogens is 1. The molecule has 8 aromatic carbocycles. The van der Waals surface area contributed by atoms with Gasteiger partial charge in [-0.25, -0.2) is 0 Å². The summed E-state index contributed by atoms with van der Waals surface area (Å²) in [6.45, 7) is 9.41. The molecule has 2 aliphatic carbocycles. The zero-order valence-electron chi connectivity index (χ0n) is 32.7. The zero-order valence-corrected chi connectivity index (χ0v) is 32.7. The molecule has 1 heterocycles. The summed E-state index contributed by atoms with van der Waals surface area (Å²) >= 11 is 0. The van der Waals surface area contributed by atoms with Gasteiger partial charge in [-0.3, -0.25) is 0 Å². The van der Waals surface area contributed by atoms with Crippen LogP contribution >= 0.6 is 0 Å². The number of nitrogens with one attached hydrogen (secondary N) is 1. The van der Waals surface area contributed by atoms with Crippen LogP contribution in [0.3, 0.4) is 0 Å². The molecule has 0 amide bonds. The van der Waals surface area contributed by atoms with Gasteiger partial charge in [0.1, 0.15) is 0 Å². The predicted octanol–water partition coefficient (Wildman–Crippen LogP) is 14.9. The molecule has 3 nitrogen and oxygen atoms in total. The minimum Gasteiger partial charge on any atom is -0.355 e. The molecule has 11 rings (SSSR count). The lowest BCUT2D eigenvalue weighted by molar-refractivity contribution is 0.660. The minimum atomic E-state index is -0.0926. The molecule has 0 saturated heterocycles. The number of hydrogen-bond donors (Lipinski definition) is 1. The van der Waals surface area contributed by atoms with E-state index in [1.165, 1.54) is 55.3 Å². The number of aromatic amines is 1. The first-order chi connectivity index (χ1) is 27.8. The van der Waals surface area contributed by atoms with Gasteiger partial charge in [-0.05, 0) is 129 Å². The van der Waals surface area contributed by atoms with Gasteiger partial charge in [0.05, 0.1) is 0 Å². The van der Waals surface area contributed by atoms with Crippen LogP contribution in [0, 0.1) is 0 Å². The summed E-state index contributed by atoms with van der Waals surface area (Å²) in [4.78, 5) is 8.55. The van der Waals surface area contributed by atoms with Crippen LogP contribution in [0.2, 0.25) is 0 Å². The number of hydrogen-bond acceptors (Lipinski definition) is 2. The second kappa shape index (κ2) is 12.3. The van der Waals surface area contributed by atoms with Crippen molar-refractivity contribution in [3.8, 4) is 22.3 Å². The van der Waals surface area contributed by atoms with Crippen LogP contribution in [-0.2, 0) is 10.8 Å². The van der Waals surface area contributed by atoms with Crippen molar-refractivity contribution in [2.75, 3.05) is 9.80 Å². The Hall–Kier alpha value is -6.84. The van der Waals surface area contributed by atoms with Crippen molar-refractivity contribution in [2.45, 2.75) is 38.5 Å². The van der Waals surface area contributed by atoms with Crippen LogP contribution in [0.4, 0.5) is 34.1 Å². The third kappa shape index (κ3) is 5.05. The number of benzene rings is 8. The fraction of sp³-hybridized carbons (Fsp3) is 0.111. The SMILES string of the molecule is CC1(C)c2ccccc2-c2ccc(N(c3ccccc3)c3ccc4[nH]c5ccc(N(c6ccccc6)c6ccc7c(c6)C(C)(C)c6ccccc6-7)cc5c4c3)cc21. The fourth-order valence-electron chi connectivity index (χ4n) is 9.86. The van der Waals surface area contributed by atoms with Gasteiger partial charge in [0.15, 0.2) is 0 Å². The Bertz CT molecular complexity index is 2820. The Morgan fingerprint density at radius 1 is 0.316 bits per heavy atom. The topological polar surface area (TPSA) is 22.3 Å². The molecule has 0 fully saturated rings. The van der Waals surface area contributed by atoms with Crippen LogP contribution in [0.25, 0.3) is 44.1 Å². The molecule has 0 spiro atoms. The predicted molar refractivity (Wildman–Crippen MR) is 240 cm³/mol. The highest BCUT2D eigenvalue weighted by Crippen LogP contribution is 2.52. The van der Waals surface area contributed by atoms with Crippen molar-refractivity contribution in [1.29, 1.82) is 0 Å². The van der Waals surface area contributed by atoms with E-state index in [9.17, 15) is 0 Å². The van der Waals surface area contributed by atoms with Gasteiger partial charge in [0.2, 0.25) is 0 Å². The van der Waals surface area contributed by atoms with E-state index >= 15 is 0 Å². The van der Waals surface area contributed by atoms with Crippen LogP contribution in [0.1, 0.15) is 49.9 Å². The number of nitrogens with zero attached hydrogens (tertiary/aromatic N) is 2. The van der Waals surface area contributed by atoms with E-state index in [2.05, 4.69) is 224 Å². The van der Waals surface area contributed by atoms with Gasteiger partial charge in [-0.15, -0.1) is 0 Å². The number of rotatable bonds is 6. The molecule has 0 unspecified atom stereocenters. The Morgan fingerprint density at radius 2 is 0.667 bits per heavy atom. The largest absolute Gasteiger partial charge is 0.355 e. The van der Waals surface area contributed by atoms with Gasteiger partial charge >= 0.3 is 0 Å². The van der Waals surface area contributed by atoms with Crippen molar-refractivity contribution < 1.29 is 0 Å². The summed E-state index contributed by atoms with van der Waals surface area (Å²) in [5, 5.41) is 2.38. The molecule has 57 heavy (non-hydrogen) atoms. The van der Waals surface area contributed by atoms with Gasteiger partial charge in [-0.1, -0.05) is 125 Å². The monoisotopic (exact) mass is 733 g/mol. The van der Waals surface area contributed by atoms with Gasteiger partial charge in [0.25, 0.3) is 0 Å². The molecule has 274 valence electrons. The fourth-order valence-corrected chi connectivity index (χ4v) is 9.86. The quantitative estimate of drug-likeness (QED) is 0.184. The van der Waals surface area contributed by atoms with E-state index in [1.54, 1.807) is 0 Å². The average Bonchev–Trinajstić information content (AvgIpc) is 3.81. The Morgan fingerprint density at radius 3 is 1.11 bits per heavy atom. The lowest BCUT2D eigenvalue weighted by atomic mass is 9.82. The number of anilines is 6. The highest BCUT2D eigenvalue weighted by atomic mass is 15.1. The summed E-state index contributed by atoms with van der Waals surface area (Å²) in [6.07, 6.45) is 0. The Balaban J connectivity index is 1.05. The third-order valence-corrected chi connectivity index (χ3v) is 12.8. The molecule has 0 radical (unpaired) electrons. The molecule has 0 saturated carbocycles. The van der Waals surface area contributed by atoms with Crippen molar-refractivity contribution in [3.63, 3.8) is 0 Å².